The SMILES string of the molecule is CCOc1ccc(C2=C(N3CCCC(C)C3)C(=O)N(c3ccccc3OCC)C2=O)cc1. The van der Waals surface area contributed by atoms with Gasteiger partial charge < -0.3 is 14.4 Å². The molecule has 32 heavy (non-hydrogen) atoms. The summed E-state index contributed by atoms with van der Waals surface area (Å²) >= 11 is 0. The van der Waals surface area contributed by atoms with Gasteiger partial charge in [-0.25, -0.2) is 4.90 Å². The van der Waals surface area contributed by atoms with Gasteiger partial charge >= 0.3 is 0 Å². The molecule has 2 heterocycles. The molecule has 4 rings (SSSR count). The van der Waals surface area contributed by atoms with Crippen LogP contribution in [0.1, 0.15) is 39.2 Å². The van der Waals surface area contributed by atoms with Gasteiger partial charge in [-0.05, 0) is 62.4 Å². The molecule has 2 aliphatic rings. The standard InChI is InChI=1S/C26H30N2O4/c1-4-31-20-14-12-19(13-15-20)23-24(27-16-8-9-18(3)17-27)26(30)28(25(23)29)21-10-6-7-11-22(21)32-5-2/h6-7,10-15,18H,4-5,8-9,16-17H2,1-3H3. The molecule has 2 amide bonds. The Hall–Kier alpha value is -3.28. The van der Waals surface area contributed by atoms with E-state index in [1.54, 1.807) is 12.1 Å². The van der Waals surface area contributed by atoms with E-state index in [2.05, 4.69) is 11.8 Å². The molecule has 0 saturated carbocycles. The van der Waals surface area contributed by atoms with Crippen molar-refractivity contribution >= 4 is 23.1 Å². The molecule has 0 N–H and O–H groups in total. The summed E-state index contributed by atoms with van der Waals surface area (Å²) in [5.74, 6) is 1.11. The molecule has 168 valence electrons. The number of para-hydroxylation sites is 2. The summed E-state index contributed by atoms with van der Waals surface area (Å²) in [6, 6.07) is 14.6. The number of piperidine rings is 1. The van der Waals surface area contributed by atoms with Crippen LogP contribution in [0.15, 0.2) is 54.2 Å². The lowest BCUT2D eigenvalue weighted by Gasteiger charge is -2.33. The fourth-order valence-electron chi connectivity index (χ4n) is 4.49. The van der Waals surface area contributed by atoms with Crippen molar-refractivity contribution in [3.8, 4) is 11.5 Å². The molecule has 0 aliphatic carbocycles. The fourth-order valence-corrected chi connectivity index (χ4v) is 4.49. The highest BCUT2D eigenvalue weighted by molar-refractivity contribution is 6.45. The first-order chi connectivity index (χ1) is 15.5. The van der Waals surface area contributed by atoms with Crippen LogP contribution in [0, 0.1) is 5.92 Å². The molecule has 2 aliphatic heterocycles. The molecule has 0 bridgehead atoms. The highest BCUT2D eigenvalue weighted by atomic mass is 16.5. The first-order valence-electron chi connectivity index (χ1n) is 11.4. The lowest BCUT2D eigenvalue weighted by molar-refractivity contribution is -0.120. The summed E-state index contributed by atoms with van der Waals surface area (Å²) < 4.78 is 11.3. The summed E-state index contributed by atoms with van der Waals surface area (Å²) in [5.41, 5.74) is 2.12. The quantitative estimate of drug-likeness (QED) is 0.601. The maximum absolute atomic E-state index is 13.8. The number of hydrogen-bond acceptors (Lipinski definition) is 5. The van der Waals surface area contributed by atoms with Crippen molar-refractivity contribution in [1.29, 1.82) is 0 Å². The lowest BCUT2D eigenvalue weighted by atomic mass is 9.97. The van der Waals surface area contributed by atoms with Crippen LogP contribution in [0.3, 0.4) is 0 Å². The van der Waals surface area contributed by atoms with E-state index in [4.69, 9.17) is 9.47 Å². The van der Waals surface area contributed by atoms with Crippen LogP contribution < -0.4 is 14.4 Å². The number of hydrogen-bond donors (Lipinski definition) is 0. The van der Waals surface area contributed by atoms with Gasteiger partial charge in [-0.2, -0.15) is 0 Å². The van der Waals surface area contributed by atoms with Crippen LogP contribution in [-0.2, 0) is 9.59 Å². The molecule has 0 radical (unpaired) electrons. The molecule has 1 saturated heterocycles. The van der Waals surface area contributed by atoms with Gasteiger partial charge in [-0.1, -0.05) is 31.2 Å². The Morgan fingerprint density at radius 1 is 0.938 bits per heavy atom. The zero-order valence-electron chi connectivity index (χ0n) is 19.0. The van der Waals surface area contributed by atoms with E-state index >= 15 is 0 Å². The first kappa shape index (κ1) is 21.9. The minimum atomic E-state index is -0.320. The van der Waals surface area contributed by atoms with Gasteiger partial charge in [0.2, 0.25) is 0 Å². The van der Waals surface area contributed by atoms with Gasteiger partial charge in [-0.15, -0.1) is 0 Å². The molecule has 2 aromatic carbocycles. The normalized spacial score (nSPS) is 19.0. The van der Waals surface area contributed by atoms with Gasteiger partial charge in [0, 0.05) is 13.1 Å². The van der Waals surface area contributed by atoms with E-state index in [0.29, 0.717) is 41.8 Å². The summed E-state index contributed by atoms with van der Waals surface area (Å²) in [5, 5.41) is 0. The number of anilines is 1. The van der Waals surface area contributed by atoms with Crippen molar-refractivity contribution in [2.45, 2.75) is 33.6 Å². The Kier molecular flexibility index (Phi) is 6.49. The molecular weight excluding hydrogens is 404 g/mol. The zero-order valence-corrected chi connectivity index (χ0v) is 19.0. The molecule has 6 nitrogen and oxygen atoms in total. The molecule has 1 fully saturated rings. The van der Waals surface area contributed by atoms with E-state index in [0.717, 1.165) is 37.2 Å². The third-order valence-corrected chi connectivity index (χ3v) is 5.89. The maximum Gasteiger partial charge on any atom is 0.282 e. The van der Waals surface area contributed by atoms with Crippen molar-refractivity contribution < 1.29 is 19.1 Å². The van der Waals surface area contributed by atoms with E-state index in [9.17, 15) is 9.59 Å². The zero-order chi connectivity index (χ0) is 22.7. The monoisotopic (exact) mass is 434 g/mol. The van der Waals surface area contributed by atoms with Crippen LogP contribution in [0.4, 0.5) is 5.69 Å². The van der Waals surface area contributed by atoms with Crippen LogP contribution >= 0.6 is 0 Å². The average Bonchev–Trinajstić information content (AvgIpc) is 3.05. The topological polar surface area (TPSA) is 59.1 Å². The summed E-state index contributed by atoms with van der Waals surface area (Å²) in [4.78, 5) is 30.9. The number of benzene rings is 2. The minimum Gasteiger partial charge on any atom is -0.494 e. The Bertz CT molecular complexity index is 1030. The van der Waals surface area contributed by atoms with Crippen molar-refractivity contribution in [1.82, 2.24) is 4.90 Å². The second-order valence-electron chi connectivity index (χ2n) is 8.22. The number of carbonyl (C=O) groups excluding carboxylic acids is 2. The van der Waals surface area contributed by atoms with Gasteiger partial charge in [0.15, 0.2) is 0 Å². The number of nitrogens with zero attached hydrogens (tertiary/aromatic N) is 2. The van der Waals surface area contributed by atoms with E-state index in [1.807, 2.05) is 50.2 Å². The minimum absolute atomic E-state index is 0.292. The van der Waals surface area contributed by atoms with Crippen molar-refractivity contribution in [3.63, 3.8) is 0 Å². The number of imide groups is 1. The van der Waals surface area contributed by atoms with Crippen LogP contribution in [0.5, 0.6) is 11.5 Å². The largest absolute Gasteiger partial charge is 0.494 e. The lowest BCUT2D eigenvalue weighted by Crippen LogP contribution is -2.39. The summed E-state index contributed by atoms with van der Waals surface area (Å²) in [6.45, 7) is 8.54. The van der Waals surface area contributed by atoms with Crippen LogP contribution in [-0.4, -0.2) is 43.0 Å². The molecular formula is C26H30N2O4. The first-order valence-corrected chi connectivity index (χ1v) is 11.4. The highest BCUT2D eigenvalue weighted by Crippen LogP contribution is 2.39. The predicted octanol–water partition coefficient (Wildman–Crippen LogP) is 4.50. The maximum atomic E-state index is 13.8. The third-order valence-electron chi connectivity index (χ3n) is 5.89. The number of likely N-dealkylation sites (tertiary alicyclic amines) is 1. The van der Waals surface area contributed by atoms with Crippen molar-refractivity contribution in [2.75, 3.05) is 31.2 Å². The van der Waals surface area contributed by atoms with E-state index < -0.39 is 0 Å². The second-order valence-corrected chi connectivity index (χ2v) is 8.22. The Morgan fingerprint density at radius 2 is 1.66 bits per heavy atom. The van der Waals surface area contributed by atoms with Gasteiger partial charge in [-0.3, -0.25) is 9.59 Å². The summed E-state index contributed by atoms with van der Waals surface area (Å²) in [7, 11) is 0. The van der Waals surface area contributed by atoms with Crippen LogP contribution in [0.2, 0.25) is 0 Å². The van der Waals surface area contributed by atoms with Crippen LogP contribution in [0.25, 0.3) is 5.57 Å². The molecule has 2 aromatic rings. The van der Waals surface area contributed by atoms with Gasteiger partial charge in [0.1, 0.15) is 17.2 Å². The molecule has 1 atom stereocenters. The summed E-state index contributed by atoms with van der Waals surface area (Å²) in [6.07, 6.45) is 2.12. The Balaban J connectivity index is 1.80. The highest BCUT2D eigenvalue weighted by Gasteiger charge is 2.44. The molecule has 0 aromatic heterocycles. The third kappa shape index (κ3) is 4.09. The molecule has 0 spiro atoms. The van der Waals surface area contributed by atoms with E-state index in [1.165, 1.54) is 4.90 Å². The number of carbonyl (C=O) groups is 2. The van der Waals surface area contributed by atoms with Crippen molar-refractivity contribution in [2.24, 2.45) is 5.92 Å². The molecule has 6 heteroatoms. The van der Waals surface area contributed by atoms with Crippen molar-refractivity contribution in [3.05, 3.63) is 59.8 Å². The predicted molar refractivity (Wildman–Crippen MR) is 125 cm³/mol. The molecule has 1 unspecified atom stereocenters. The average molecular weight is 435 g/mol. The Morgan fingerprint density at radius 3 is 2.34 bits per heavy atom. The van der Waals surface area contributed by atoms with E-state index in [-0.39, 0.29) is 11.8 Å². The number of amides is 2. The number of rotatable bonds is 7. The van der Waals surface area contributed by atoms with Gasteiger partial charge in [0.05, 0.1) is 24.5 Å². The number of ether oxygens (including phenoxy) is 2. The smallest absolute Gasteiger partial charge is 0.282 e. The second kappa shape index (κ2) is 9.47. The van der Waals surface area contributed by atoms with Gasteiger partial charge in [0.25, 0.3) is 11.8 Å². The Labute approximate surface area is 189 Å². The fraction of sp³-hybridized carbons (Fsp3) is 0.385.